The summed E-state index contributed by atoms with van der Waals surface area (Å²) in [7, 11) is -1.99. The summed E-state index contributed by atoms with van der Waals surface area (Å²) < 4.78 is 37.2. The Morgan fingerprint density at radius 1 is 1.10 bits per heavy atom. The number of morpholine rings is 1. The highest BCUT2D eigenvalue weighted by Gasteiger charge is 2.26. The molecule has 2 aromatic carbocycles. The standard InChI is InChI=1S/C20H25N3O5S/c1-15(21-18-5-3-4-6-19(18)27-2)20(24)22-16-7-9-17(10-8-16)29(25,26)23-11-13-28-14-12-23/h3-10,15,21H,11-14H2,1-2H3,(H,22,24)/t15-/m0/s1. The summed E-state index contributed by atoms with van der Waals surface area (Å²) in [6.45, 7) is 3.20. The van der Waals surface area contributed by atoms with Crippen molar-refractivity contribution in [3.63, 3.8) is 0 Å². The lowest BCUT2D eigenvalue weighted by atomic mass is 10.2. The first-order chi connectivity index (χ1) is 13.9. The van der Waals surface area contributed by atoms with Crippen molar-refractivity contribution >= 4 is 27.3 Å². The van der Waals surface area contributed by atoms with Gasteiger partial charge in [-0.3, -0.25) is 4.79 Å². The van der Waals surface area contributed by atoms with Gasteiger partial charge in [-0.15, -0.1) is 0 Å². The summed E-state index contributed by atoms with van der Waals surface area (Å²) in [5, 5.41) is 5.90. The quantitative estimate of drug-likeness (QED) is 0.714. The van der Waals surface area contributed by atoms with Crippen LogP contribution in [0.5, 0.6) is 5.75 Å². The van der Waals surface area contributed by atoms with Crippen LogP contribution in [0.15, 0.2) is 53.4 Å². The van der Waals surface area contributed by atoms with E-state index in [4.69, 9.17) is 9.47 Å². The highest BCUT2D eigenvalue weighted by molar-refractivity contribution is 7.89. The van der Waals surface area contributed by atoms with E-state index in [-0.39, 0.29) is 10.8 Å². The highest BCUT2D eigenvalue weighted by Crippen LogP contribution is 2.24. The number of para-hydroxylation sites is 2. The van der Waals surface area contributed by atoms with Crippen LogP contribution in [0.3, 0.4) is 0 Å². The smallest absolute Gasteiger partial charge is 0.246 e. The molecule has 1 atom stereocenters. The van der Waals surface area contributed by atoms with Crippen LogP contribution in [0.25, 0.3) is 0 Å². The number of methoxy groups -OCH3 is 1. The first-order valence-electron chi connectivity index (χ1n) is 9.30. The Morgan fingerprint density at radius 3 is 2.41 bits per heavy atom. The van der Waals surface area contributed by atoms with Crippen LogP contribution in [0.2, 0.25) is 0 Å². The Kier molecular flexibility index (Phi) is 6.73. The summed E-state index contributed by atoms with van der Waals surface area (Å²) >= 11 is 0. The number of nitrogens with zero attached hydrogens (tertiary/aromatic N) is 1. The number of benzene rings is 2. The van der Waals surface area contributed by atoms with Crippen molar-refractivity contribution in [1.82, 2.24) is 4.31 Å². The third-order valence-corrected chi connectivity index (χ3v) is 6.51. The monoisotopic (exact) mass is 419 g/mol. The van der Waals surface area contributed by atoms with Gasteiger partial charge in [-0.05, 0) is 43.3 Å². The molecule has 1 heterocycles. The molecular weight excluding hydrogens is 394 g/mol. The molecule has 0 aliphatic carbocycles. The molecule has 1 aliphatic heterocycles. The largest absolute Gasteiger partial charge is 0.495 e. The van der Waals surface area contributed by atoms with Crippen LogP contribution < -0.4 is 15.4 Å². The molecule has 1 aliphatic rings. The molecule has 0 aromatic heterocycles. The van der Waals surface area contributed by atoms with Crippen LogP contribution in [0.4, 0.5) is 11.4 Å². The minimum atomic E-state index is -3.56. The van der Waals surface area contributed by atoms with E-state index in [9.17, 15) is 13.2 Å². The maximum absolute atomic E-state index is 12.7. The second kappa shape index (κ2) is 9.25. The number of hydrogen-bond donors (Lipinski definition) is 2. The van der Waals surface area contributed by atoms with Crippen LogP contribution in [-0.4, -0.2) is 58.1 Å². The molecule has 2 N–H and O–H groups in total. The molecule has 0 unspecified atom stereocenters. The summed E-state index contributed by atoms with van der Waals surface area (Å²) in [5.74, 6) is 0.393. The van der Waals surface area contributed by atoms with Gasteiger partial charge in [0.05, 0.1) is 30.9 Å². The zero-order chi connectivity index (χ0) is 20.9. The van der Waals surface area contributed by atoms with E-state index in [1.807, 2.05) is 18.2 Å². The van der Waals surface area contributed by atoms with Crippen LogP contribution >= 0.6 is 0 Å². The molecule has 0 spiro atoms. The lowest BCUT2D eigenvalue weighted by Gasteiger charge is -2.26. The van der Waals surface area contributed by atoms with Gasteiger partial charge >= 0.3 is 0 Å². The number of hydrogen-bond acceptors (Lipinski definition) is 6. The third kappa shape index (κ3) is 5.06. The molecular formula is C20H25N3O5S. The number of carbonyl (C=O) groups is 1. The summed E-state index contributed by atoms with van der Waals surface area (Å²) in [6.07, 6.45) is 0. The van der Waals surface area contributed by atoms with E-state index in [0.717, 1.165) is 0 Å². The lowest BCUT2D eigenvalue weighted by Crippen LogP contribution is -2.40. The zero-order valence-corrected chi connectivity index (χ0v) is 17.2. The zero-order valence-electron chi connectivity index (χ0n) is 16.4. The van der Waals surface area contributed by atoms with Crippen molar-refractivity contribution in [2.24, 2.45) is 0 Å². The normalized spacial score (nSPS) is 16.1. The highest BCUT2D eigenvalue weighted by atomic mass is 32.2. The van der Waals surface area contributed by atoms with Crippen LogP contribution in [-0.2, 0) is 19.6 Å². The molecule has 0 radical (unpaired) electrons. The number of nitrogens with one attached hydrogen (secondary N) is 2. The molecule has 1 saturated heterocycles. The molecule has 9 heteroatoms. The number of rotatable bonds is 7. The number of amides is 1. The van der Waals surface area contributed by atoms with E-state index >= 15 is 0 Å². The number of carbonyl (C=O) groups excluding carboxylic acids is 1. The fraction of sp³-hybridized carbons (Fsp3) is 0.350. The van der Waals surface area contributed by atoms with Gasteiger partial charge in [0, 0.05) is 18.8 Å². The third-order valence-electron chi connectivity index (χ3n) is 4.60. The fourth-order valence-corrected chi connectivity index (χ4v) is 4.37. The average Bonchev–Trinajstić information content (AvgIpc) is 2.75. The van der Waals surface area contributed by atoms with Gasteiger partial charge in [0.2, 0.25) is 15.9 Å². The van der Waals surface area contributed by atoms with E-state index in [1.165, 1.54) is 16.4 Å². The van der Waals surface area contributed by atoms with Gasteiger partial charge in [0.1, 0.15) is 11.8 Å². The molecule has 2 aromatic rings. The van der Waals surface area contributed by atoms with Crippen LogP contribution in [0.1, 0.15) is 6.92 Å². The Bertz CT molecular complexity index is 941. The Labute approximate surface area is 170 Å². The second-order valence-corrected chi connectivity index (χ2v) is 8.53. The average molecular weight is 420 g/mol. The van der Waals surface area contributed by atoms with E-state index in [1.54, 1.807) is 32.2 Å². The summed E-state index contributed by atoms with van der Waals surface area (Å²) in [6, 6.07) is 13.0. The lowest BCUT2D eigenvalue weighted by molar-refractivity contribution is -0.116. The first-order valence-corrected chi connectivity index (χ1v) is 10.7. The van der Waals surface area contributed by atoms with Gasteiger partial charge in [0.15, 0.2) is 0 Å². The predicted octanol–water partition coefficient (Wildman–Crippen LogP) is 2.16. The molecule has 0 bridgehead atoms. The molecule has 3 rings (SSSR count). The number of anilines is 2. The van der Waals surface area contributed by atoms with Crippen molar-refractivity contribution in [2.75, 3.05) is 44.0 Å². The summed E-state index contributed by atoms with van der Waals surface area (Å²) in [4.78, 5) is 12.7. The Morgan fingerprint density at radius 2 is 1.76 bits per heavy atom. The van der Waals surface area contributed by atoms with E-state index < -0.39 is 16.1 Å². The van der Waals surface area contributed by atoms with Crippen molar-refractivity contribution < 1.29 is 22.7 Å². The van der Waals surface area contributed by atoms with Crippen molar-refractivity contribution in [3.8, 4) is 5.75 Å². The topological polar surface area (TPSA) is 97.0 Å². The first kappa shape index (κ1) is 21.1. The Hall–Kier alpha value is -2.62. The summed E-state index contributed by atoms with van der Waals surface area (Å²) in [5.41, 5.74) is 1.23. The van der Waals surface area contributed by atoms with Gasteiger partial charge < -0.3 is 20.1 Å². The maximum Gasteiger partial charge on any atom is 0.246 e. The maximum atomic E-state index is 12.7. The SMILES string of the molecule is COc1ccccc1N[C@@H](C)C(=O)Nc1ccc(S(=O)(=O)N2CCOCC2)cc1. The van der Waals surface area contributed by atoms with Crippen molar-refractivity contribution in [1.29, 1.82) is 0 Å². The Balaban J connectivity index is 1.63. The predicted molar refractivity (Wildman–Crippen MR) is 111 cm³/mol. The molecule has 1 fully saturated rings. The minimum absolute atomic E-state index is 0.192. The van der Waals surface area contributed by atoms with Crippen molar-refractivity contribution in [3.05, 3.63) is 48.5 Å². The molecule has 29 heavy (non-hydrogen) atoms. The molecule has 8 nitrogen and oxygen atoms in total. The van der Waals surface area contributed by atoms with Crippen LogP contribution in [0, 0.1) is 0 Å². The van der Waals surface area contributed by atoms with Gasteiger partial charge in [-0.25, -0.2) is 8.42 Å². The molecule has 1 amide bonds. The van der Waals surface area contributed by atoms with Gasteiger partial charge in [-0.2, -0.15) is 4.31 Å². The van der Waals surface area contributed by atoms with E-state index in [2.05, 4.69) is 10.6 Å². The fourth-order valence-electron chi connectivity index (χ4n) is 2.96. The van der Waals surface area contributed by atoms with Crippen molar-refractivity contribution in [2.45, 2.75) is 17.9 Å². The van der Waals surface area contributed by atoms with E-state index in [0.29, 0.717) is 43.4 Å². The minimum Gasteiger partial charge on any atom is -0.495 e. The number of sulfonamides is 1. The second-order valence-electron chi connectivity index (χ2n) is 6.60. The van der Waals surface area contributed by atoms with Gasteiger partial charge in [0.25, 0.3) is 0 Å². The molecule has 156 valence electrons. The molecule has 0 saturated carbocycles. The number of ether oxygens (including phenoxy) is 2. The van der Waals surface area contributed by atoms with Gasteiger partial charge in [-0.1, -0.05) is 12.1 Å².